The van der Waals surface area contributed by atoms with E-state index < -0.39 is 8.07 Å². The zero-order valence-corrected chi connectivity index (χ0v) is 31.5. The number of hydrogen-bond donors (Lipinski definition) is 0. The van der Waals surface area contributed by atoms with Crippen LogP contribution in [0.25, 0.3) is 53.8 Å². The van der Waals surface area contributed by atoms with Gasteiger partial charge < -0.3 is 9.97 Å². The van der Waals surface area contributed by atoms with Gasteiger partial charge in [-0.1, -0.05) is 93.0 Å². The smallest absolute Gasteiger partial charge is 0.124 e. The second-order valence-corrected chi connectivity index (χ2v) is 19.1. The summed E-state index contributed by atoms with van der Waals surface area (Å²) in [6, 6.07) is 40.6. The van der Waals surface area contributed by atoms with Crippen LogP contribution in [0.15, 0.2) is 116 Å². The first kappa shape index (κ1) is 34.5. The van der Waals surface area contributed by atoms with Crippen LogP contribution in [0.4, 0.5) is 4.39 Å². The van der Waals surface area contributed by atoms with Gasteiger partial charge in [0.2, 0.25) is 0 Å². The van der Waals surface area contributed by atoms with E-state index >= 15 is 0 Å². The Morgan fingerprint density at radius 3 is 2.30 bits per heavy atom. The second kappa shape index (κ2) is 15.0. The molecule has 0 unspecified atom stereocenters. The Hall–Kier alpha value is -3.80. The maximum Gasteiger partial charge on any atom is 0.124 e. The monoisotopic (exact) mass is 829 g/mol. The first-order chi connectivity index (χ1) is 22.2. The molecule has 239 valence electrons. The molecule has 6 heteroatoms. The van der Waals surface area contributed by atoms with Gasteiger partial charge in [-0.15, -0.1) is 59.7 Å². The molecule has 2 nitrogen and oxygen atoms in total. The van der Waals surface area contributed by atoms with Gasteiger partial charge in [-0.2, -0.15) is 11.3 Å². The summed E-state index contributed by atoms with van der Waals surface area (Å²) >= 11 is 1.61. The van der Waals surface area contributed by atoms with Crippen molar-refractivity contribution in [1.29, 1.82) is 0 Å². The van der Waals surface area contributed by atoms with E-state index in [4.69, 9.17) is 4.98 Å². The van der Waals surface area contributed by atoms with E-state index in [2.05, 4.69) is 111 Å². The van der Waals surface area contributed by atoms with Gasteiger partial charge in [-0.25, -0.2) is 4.39 Å². The Balaban J connectivity index is 0.000000181. The standard InChI is InChI=1S/C21H17FNS.C20H20NSi.Ir/c1-13(2)10-14-8-9-23-19(11-14)18-5-3-4-17-16-7-6-15(22)12-20(16)24-21(17)18;1-22(2,3)20-15-21-19(17-12-8-5-9-13-17)14-18(20)16-10-6-4-7-11-16;/h3-4,6-9,11-13H,10H2,1-2H3;4-12,14-15H,1-3H3;/q2*-1;. The SMILES string of the molecule is CC(C)Cc1ccnc(-c2[c-]ccc3c2sc2cc(F)ccc23)c1.C[Si](C)(C)c1cnc(-c2[c-]cccc2)cc1-c1ccccc1.[Ir]. The topological polar surface area (TPSA) is 25.8 Å². The largest absolute Gasteiger partial charge is 0.305 e. The number of halogens is 1. The Labute approximate surface area is 296 Å². The average molecular weight is 829 g/mol. The molecule has 0 saturated carbocycles. The summed E-state index contributed by atoms with van der Waals surface area (Å²) in [6.45, 7) is 11.5. The fourth-order valence-corrected chi connectivity index (χ4v) is 8.43. The fourth-order valence-electron chi connectivity index (χ4n) is 5.72. The minimum absolute atomic E-state index is 0. The van der Waals surface area contributed by atoms with Gasteiger partial charge in [0.25, 0.3) is 0 Å². The minimum atomic E-state index is -1.46. The number of pyridine rings is 2. The summed E-state index contributed by atoms with van der Waals surface area (Å²) in [7, 11) is -1.46. The van der Waals surface area contributed by atoms with Gasteiger partial charge in [0.1, 0.15) is 5.82 Å². The van der Waals surface area contributed by atoms with Crippen LogP contribution < -0.4 is 5.19 Å². The molecule has 0 aliphatic rings. The molecule has 7 aromatic rings. The quantitative estimate of drug-likeness (QED) is 0.123. The molecule has 0 N–H and O–H groups in total. The summed E-state index contributed by atoms with van der Waals surface area (Å²) in [6.07, 6.45) is 4.97. The maximum absolute atomic E-state index is 13.5. The molecule has 0 aliphatic carbocycles. The van der Waals surface area contributed by atoms with Gasteiger partial charge in [0, 0.05) is 37.2 Å². The zero-order chi connectivity index (χ0) is 32.3. The number of aromatic nitrogens is 2. The molecular formula is C41H37FIrN2SSi-2. The minimum Gasteiger partial charge on any atom is -0.305 e. The van der Waals surface area contributed by atoms with E-state index in [0.29, 0.717) is 5.92 Å². The van der Waals surface area contributed by atoms with Gasteiger partial charge >= 0.3 is 0 Å². The molecule has 0 bridgehead atoms. The molecule has 0 aliphatic heterocycles. The second-order valence-electron chi connectivity index (χ2n) is 13.0. The van der Waals surface area contributed by atoms with Crippen LogP contribution >= 0.6 is 11.3 Å². The third kappa shape index (κ3) is 8.02. The van der Waals surface area contributed by atoms with Crippen molar-refractivity contribution >= 4 is 44.8 Å². The number of benzene rings is 4. The van der Waals surface area contributed by atoms with E-state index in [9.17, 15) is 4.39 Å². The number of nitrogens with zero attached hydrogens (tertiary/aromatic N) is 2. The van der Waals surface area contributed by atoms with Crippen LogP contribution in [-0.4, -0.2) is 18.0 Å². The summed E-state index contributed by atoms with van der Waals surface area (Å²) in [5.41, 5.74) is 7.82. The predicted octanol–water partition coefficient (Wildman–Crippen LogP) is 11.0. The number of rotatable bonds is 6. The van der Waals surface area contributed by atoms with Crippen molar-refractivity contribution in [3.8, 4) is 33.6 Å². The van der Waals surface area contributed by atoms with Gasteiger partial charge in [0.05, 0.1) is 8.07 Å². The molecule has 1 radical (unpaired) electrons. The summed E-state index contributed by atoms with van der Waals surface area (Å²) in [4.78, 5) is 9.26. The Bertz CT molecular complexity index is 2100. The Kier molecular flexibility index (Phi) is 11.0. The summed E-state index contributed by atoms with van der Waals surface area (Å²) < 4.78 is 15.6. The zero-order valence-electron chi connectivity index (χ0n) is 27.3. The van der Waals surface area contributed by atoms with Crippen molar-refractivity contribution in [2.45, 2.75) is 39.9 Å². The van der Waals surface area contributed by atoms with Gasteiger partial charge in [-0.05, 0) is 68.3 Å². The third-order valence-corrected chi connectivity index (χ3v) is 11.1. The Morgan fingerprint density at radius 1 is 0.787 bits per heavy atom. The van der Waals surface area contributed by atoms with E-state index in [0.717, 1.165) is 49.1 Å². The van der Waals surface area contributed by atoms with Crippen molar-refractivity contribution in [3.63, 3.8) is 0 Å². The van der Waals surface area contributed by atoms with Crippen LogP contribution in [0.2, 0.25) is 19.6 Å². The number of fused-ring (bicyclic) bond motifs is 3. The molecule has 0 atom stereocenters. The Morgan fingerprint density at radius 2 is 1.57 bits per heavy atom. The van der Waals surface area contributed by atoms with Crippen LogP contribution in [0, 0.1) is 23.9 Å². The van der Waals surface area contributed by atoms with Crippen molar-refractivity contribution in [2.24, 2.45) is 5.92 Å². The molecule has 0 spiro atoms. The van der Waals surface area contributed by atoms with E-state index in [1.165, 1.54) is 27.9 Å². The van der Waals surface area contributed by atoms with E-state index in [-0.39, 0.29) is 25.9 Å². The van der Waals surface area contributed by atoms with Crippen molar-refractivity contribution in [3.05, 3.63) is 139 Å². The van der Waals surface area contributed by atoms with Crippen molar-refractivity contribution in [1.82, 2.24) is 9.97 Å². The number of thiophene rings is 1. The maximum atomic E-state index is 13.5. The van der Waals surface area contributed by atoms with E-state index in [1.54, 1.807) is 17.4 Å². The molecule has 0 amide bonds. The fraction of sp³-hybridized carbons (Fsp3) is 0.171. The summed E-state index contributed by atoms with van der Waals surface area (Å²) in [5, 5.41) is 3.63. The molecule has 7 rings (SSSR count). The summed E-state index contributed by atoms with van der Waals surface area (Å²) in [5.74, 6) is 0.406. The van der Waals surface area contributed by atoms with Crippen molar-refractivity contribution < 1.29 is 24.5 Å². The average Bonchev–Trinajstić information content (AvgIpc) is 3.43. The van der Waals surface area contributed by atoms with Crippen molar-refractivity contribution in [2.75, 3.05) is 0 Å². The van der Waals surface area contributed by atoms with Crippen LogP contribution in [0.5, 0.6) is 0 Å². The normalized spacial score (nSPS) is 11.3. The van der Waals surface area contributed by atoms with Gasteiger partial charge in [-0.3, -0.25) is 0 Å². The van der Waals surface area contributed by atoms with Crippen LogP contribution in [0.1, 0.15) is 19.4 Å². The van der Waals surface area contributed by atoms with E-state index in [1.807, 2.05) is 42.6 Å². The molecule has 3 heterocycles. The van der Waals surface area contributed by atoms with Crippen LogP contribution in [0.3, 0.4) is 0 Å². The number of hydrogen-bond acceptors (Lipinski definition) is 3. The van der Waals surface area contributed by atoms with Gasteiger partial charge in [0.15, 0.2) is 0 Å². The first-order valence-corrected chi connectivity index (χ1v) is 20.0. The molecule has 4 aromatic carbocycles. The molecular weight excluding hydrogens is 792 g/mol. The molecule has 3 aromatic heterocycles. The predicted molar refractivity (Wildman–Crippen MR) is 197 cm³/mol. The molecule has 47 heavy (non-hydrogen) atoms. The third-order valence-electron chi connectivity index (χ3n) is 7.90. The molecule has 0 fully saturated rings. The molecule has 0 saturated heterocycles. The first-order valence-electron chi connectivity index (χ1n) is 15.7. The van der Waals surface area contributed by atoms with Crippen LogP contribution in [-0.2, 0) is 26.5 Å².